The lowest BCUT2D eigenvalue weighted by Gasteiger charge is -2.14. The van der Waals surface area contributed by atoms with Crippen LogP contribution in [-0.2, 0) is 16.1 Å². The second kappa shape index (κ2) is 7.86. The van der Waals surface area contributed by atoms with E-state index in [-0.39, 0.29) is 6.61 Å². The molecule has 27 heavy (non-hydrogen) atoms. The summed E-state index contributed by atoms with van der Waals surface area (Å²) in [6.07, 6.45) is 0. The molecule has 0 unspecified atom stereocenters. The maximum Gasteiger partial charge on any atom is 0.340 e. The van der Waals surface area contributed by atoms with Crippen LogP contribution in [0.3, 0.4) is 0 Å². The molecule has 1 heterocycles. The average Bonchev–Trinajstić information content (AvgIpc) is 2.71. The van der Waals surface area contributed by atoms with Crippen molar-refractivity contribution in [3.05, 3.63) is 70.9 Å². The van der Waals surface area contributed by atoms with Gasteiger partial charge in [-0.1, -0.05) is 24.3 Å². The first-order chi connectivity index (χ1) is 13.0. The standard InChI is InChI=1S/C21H19NO5/c1-13-16-9-4-5-10-17(16)22-18(19(13)21(24)26-3)12-27-15-8-6-7-14(11-15)20(23)25-2/h4-11H,12H2,1-3H3. The molecule has 0 saturated carbocycles. The van der Waals surface area contributed by atoms with Crippen LogP contribution in [0.25, 0.3) is 10.9 Å². The topological polar surface area (TPSA) is 74.7 Å². The number of aryl methyl sites for hydroxylation is 1. The van der Waals surface area contributed by atoms with Crippen molar-refractivity contribution < 1.29 is 23.8 Å². The molecule has 0 saturated heterocycles. The van der Waals surface area contributed by atoms with E-state index in [4.69, 9.17) is 14.2 Å². The number of aromatic nitrogens is 1. The van der Waals surface area contributed by atoms with E-state index in [1.54, 1.807) is 24.3 Å². The summed E-state index contributed by atoms with van der Waals surface area (Å²) in [5.41, 5.74) is 2.80. The Morgan fingerprint density at radius 1 is 0.963 bits per heavy atom. The summed E-state index contributed by atoms with van der Waals surface area (Å²) in [7, 11) is 2.65. The third-order valence-corrected chi connectivity index (χ3v) is 4.25. The Bertz CT molecular complexity index is 1010. The first kappa shape index (κ1) is 18.4. The molecule has 3 aromatic rings. The number of hydrogen-bond acceptors (Lipinski definition) is 6. The third kappa shape index (κ3) is 3.74. The van der Waals surface area contributed by atoms with Crippen molar-refractivity contribution >= 4 is 22.8 Å². The van der Waals surface area contributed by atoms with Crippen LogP contribution in [0.1, 0.15) is 32.0 Å². The van der Waals surface area contributed by atoms with Crippen LogP contribution >= 0.6 is 0 Å². The first-order valence-electron chi connectivity index (χ1n) is 8.33. The highest BCUT2D eigenvalue weighted by Gasteiger charge is 2.20. The summed E-state index contributed by atoms with van der Waals surface area (Å²) in [5, 5.41) is 0.884. The maximum absolute atomic E-state index is 12.3. The molecule has 0 aliphatic heterocycles. The molecule has 6 heteroatoms. The highest BCUT2D eigenvalue weighted by molar-refractivity contribution is 5.98. The van der Waals surface area contributed by atoms with E-state index in [9.17, 15) is 9.59 Å². The van der Waals surface area contributed by atoms with Crippen molar-refractivity contribution in [3.63, 3.8) is 0 Å². The summed E-state index contributed by atoms with van der Waals surface area (Å²) in [4.78, 5) is 28.6. The van der Waals surface area contributed by atoms with Gasteiger partial charge in [0.05, 0.1) is 36.6 Å². The van der Waals surface area contributed by atoms with Gasteiger partial charge >= 0.3 is 11.9 Å². The van der Waals surface area contributed by atoms with Gasteiger partial charge < -0.3 is 14.2 Å². The number of pyridine rings is 1. The summed E-state index contributed by atoms with van der Waals surface area (Å²) >= 11 is 0. The molecule has 0 radical (unpaired) electrons. The first-order valence-corrected chi connectivity index (χ1v) is 8.33. The van der Waals surface area contributed by atoms with Crippen molar-refractivity contribution in [2.75, 3.05) is 14.2 Å². The molecular weight excluding hydrogens is 346 g/mol. The molecule has 0 aliphatic rings. The number of hydrogen-bond donors (Lipinski definition) is 0. The zero-order valence-electron chi connectivity index (χ0n) is 15.3. The number of carbonyl (C=O) groups excluding carboxylic acids is 2. The van der Waals surface area contributed by atoms with Gasteiger partial charge in [-0.25, -0.2) is 14.6 Å². The summed E-state index contributed by atoms with van der Waals surface area (Å²) < 4.78 is 15.4. The Balaban J connectivity index is 1.97. The minimum Gasteiger partial charge on any atom is -0.487 e. The summed E-state index contributed by atoms with van der Waals surface area (Å²) in [6.45, 7) is 1.92. The molecule has 138 valence electrons. The van der Waals surface area contributed by atoms with Gasteiger partial charge in [0, 0.05) is 5.39 Å². The van der Waals surface area contributed by atoms with E-state index in [0.29, 0.717) is 22.6 Å². The Hall–Kier alpha value is -3.41. The fraction of sp³-hybridized carbons (Fsp3) is 0.190. The minimum atomic E-state index is -0.465. The SMILES string of the molecule is COC(=O)c1cccc(OCc2nc3ccccc3c(C)c2C(=O)OC)c1. The fourth-order valence-electron chi connectivity index (χ4n) is 2.90. The highest BCUT2D eigenvalue weighted by Crippen LogP contribution is 2.25. The van der Waals surface area contributed by atoms with Gasteiger partial charge in [0.1, 0.15) is 12.4 Å². The quantitative estimate of drug-likeness (QED) is 0.642. The number of fused-ring (bicyclic) bond motifs is 1. The van der Waals surface area contributed by atoms with E-state index >= 15 is 0 Å². The zero-order chi connectivity index (χ0) is 19.4. The molecule has 0 atom stereocenters. The molecule has 0 amide bonds. The summed E-state index contributed by atoms with van der Waals surface area (Å²) in [5.74, 6) is -0.440. The van der Waals surface area contributed by atoms with Gasteiger partial charge in [0.25, 0.3) is 0 Å². The van der Waals surface area contributed by atoms with Gasteiger partial charge in [0.2, 0.25) is 0 Å². The van der Waals surface area contributed by atoms with Gasteiger partial charge in [-0.15, -0.1) is 0 Å². The average molecular weight is 365 g/mol. The van der Waals surface area contributed by atoms with Crippen molar-refractivity contribution in [1.82, 2.24) is 4.98 Å². The molecular formula is C21H19NO5. The number of rotatable bonds is 5. The second-order valence-electron chi connectivity index (χ2n) is 5.88. The molecule has 6 nitrogen and oxygen atoms in total. The number of ether oxygens (including phenoxy) is 3. The van der Waals surface area contributed by atoms with Crippen LogP contribution in [0, 0.1) is 6.92 Å². The van der Waals surface area contributed by atoms with Crippen molar-refractivity contribution in [3.8, 4) is 5.75 Å². The fourth-order valence-corrected chi connectivity index (χ4v) is 2.90. The normalized spacial score (nSPS) is 10.5. The Kier molecular flexibility index (Phi) is 5.35. The lowest BCUT2D eigenvalue weighted by Crippen LogP contribution is -2.13. The zero-order valence-corrected chi connectivity index (χ0v) is 15.3. The van der Waals surface area contributed by atoms with Crippen molar-refractivity contribution in [2.45, 2.75) is 13.5 Å². The van der Waals surface area contributed by atoms with Crippen molar-refractivity contribution in [1.29, 1.82) is 0 Å². The van der Waals surface area contributed by atoms with Gasteiger partial charge in [-0.3, -0.25) is 0 Å². The summed E-state index contributed by atoms with van der Waals surface area (Å²) in [6, 6.07) is 14.2. The molecule has 0 N–H and O–H groups in total. The molecule has 3 rings (SSSR count). The predicted octanol–water partition coefficient (Wildman–Crippen LogP) is 3.70. The van der Waals surface area contributed by atoms with Gasteiger partial charge in [-0.05, 0) is 36.8 Å². The number of methoxy groups -OCH3 is 2. The van der Waals surface area contributed by atoms with Gasteiger partial charge in [0.15, 0.2) is 0 Å². The highest BCUT2D eigenvalue weighted by atomic mass is 16.5. The molecule has 1 aromatic heterocycles. The minimum absolute atomic E-state index is 0.0563. The van der Waals surface area contributed by atoms with E-state index < -0.39 is 11.9 Å². The smallest absolute Gasteiger partial charge is 0.340 e. The van der Waals surface area contributed by atoms with Crippen LogP contribution in [0.2, 0.25) is 0 Å². The van der Waals surface area contributed by atoms with Gasteiger partial charge in [-0.2, -0.15) is 0 Å². The Labute approximate surface area is 156 Å². The molecule has 0 bridgehead atoms. The van der Waals surface area contributed by atoms with Crippen LogP contribution in [0.4, 0.5) is 0 Å². The van der Waals surface area contributed by atoms with Crippen LogP contribution in [0.5, 0.6) is 5.75 Å². The molecule has 2 aromatic carbocycles. The van der Waals surface area contributed by atoms with Crippen LogP contribution in [0.15, 0.2) is 48.5 Å². The number of benzene rings is 2. The predicted molar refractivity (Wildman–Crippen MR) is 99.9 cm³/mol. The number of para-hydroxylation sites is 1. The van der Waals surface area contributed by atoms with E-state index in [1.165, 1.54) is 14.2 Å². The van der Waals surface area contributed by atoms with Crippen LogP contribution < -0.4 is 4.74 Å². The van der Waals surface area contributed by atoms with E-state index in [2.05, 4.69) is 4.98 Å². The molecule has 0 aliphatic carbocycles. The number of esters is 2. The maximum atomic E-state index is 12.3. The van der Waals surface area contributed by atoms with Crippen LogP contribution in [-0.4, -0.2) is 31.1 Å². The monoisotopic (exact) mass is 365 g/mol. The lowest BCUT2D eigenvalue weighted by atomic mass is 10.0. The van der Waals surface area contributed by atoms with Crippen molar-refractivity contribution in [2.24, 2.45) is 0 Å². The second-order valence-corrected chi connectivity index (χ2v) is 5.88. The Morgan fingerprint density at radius 3 is 2.44 bits per heavy atom. The van der Waals surface area contributed by atoms with E-state index in [0.717, 1.165) is 16.5 Å². The number of carbonyl (C=O) groups is 2. The third-order valence-electron chi connectivity index (χ3n) is 4.25. The lowest BCUT2D eigenvalue weighted by molar-refractivity contribution is 0.0590. The number of nitrogens with zero attached hydrogens (tertiary/aromatic N) is 1. The molecule has 0 spiro atoms. The Morgan fingerprint density at radius 2 is 1.70 bits per heavy atom. The van der Waals surface area contributed by atoms with E-state index in [1.807, 2.05) is 31.2 Å². The largest absolute Gasteiger partial charge is 0.487 e. The molecule has 0 fully saturated rings.